The SMILES string of the molecule is Cc1ccc(S(=O)(=O)N(CC(=O)O)c2ccccc2/C=C/c2cc[n+]([O-])cc2)cc1. The van der Waals surface area contributed by atoms with E-state index in [4.69, 9.17) is 0 Å². The zero-order chi connectivity index (χ0) is 21.7. The van der Waals surface area contributed by atoms with Crippen LogP contribution in [0.3, 0.4) is 0 Å². The summed E-state index contributed by atoms with van der Waals surface area (Å²) in [4.78, 5) is 11.5. The van der Waals surface area contributed by atoms with Crippen molar-refractivity contribution in [3.8, 4) is 0 Å². The second-order valence-electron chi connectivity index (χ2n) is 6.60. The highest BCUT2D eigenvalue weighted by atomic mass is 32.2. The topological polar surface area (TPSA) is 102 Å². The maximum absolute atomic E-state index is 13.2. The lowest BCUT2D eigenvalue weighted by atomic mass is 10.1. The minimum atomic E-state index is -4.10. The van der Waals surface area contributed by atoms with Gasteiger partial charge in [0.1, 0.15) is 6.54 Å². The number of anilines is 1. The number of benzene rings is 2. The molecule has 1 heterocycles. The largest absolute Gasteiger partial charge is 0.619 e. The van der Waals surface area contributed by atoms with Crippen molar-refractivity contribution in [2.24, 2.45) is 0 Å². The summed E-state index contributed by atoms with van der Waals surface area (Å²) in [6, 6.07) is 16.1. The predicted molar refractivity (Wildman–Crippen MR) is 114 cm³/mol. The average molecular weight is 424 g/mol. The molecule has 0 aliphatic heterocycles. The van der Waals surface area contributed by atoms with Crippen LogP contribution in [0.15, 0.2) is 78.0 Å². The van der Waals surface area contributed by atoms with E-state index in [0.29, 0.717) is 10.3 Å². The fourth-order valence-corrected chi connectivity index (χ4v) is 4.28. The predicted octanol–water partition coefficient (Wildman–Crippen LogP) is 3.08. The van der Waals surface area contributed by atoms with Gasteiger partial charge in [0.05, 0.1) is 10.6 Å². The van der Waals surface area contributed by atoms with Crippen LogP contribution in [0.25, 0.3) is 12.2 Å². The number of sulfonamides is 1. The molecular formula is C22H20N2O5S. The quantitative estimate of drug-likeness (QED) is 0.464. The zero-order valence-corrected chi connectivity index (χ0v) is 17.0. The molecule has 0 saturated heterocycles. The van der Waals surface area contributed by atoms with Gasteiger partial charge in [-0.3, -0.25) is 9.10 Å². The summed E-state index contributed by atoms with van der Waals surface area (Å²) in [5.41, 5.74) is 2.40. The van der Waals surface area contributed by atoms with E-state index >= 15 is 0 Å². The van der Waals surface area contributed by atoms with Crippen LogP contribution >= 0.6 is 0 Å². The first-order valence-corrected chi connectivity index (χ1v) is 10.5. The van der Waals surface area contributed by atoms with Gasteiger partial charge >= 0.3 is 5.97 Å². The van der Waals surface area contributed by atoms with Crippen molar-refractivity contribution in [1.82, 2.24) is 0 Å². The van der Waals surface area contributed by atoms with E-state index in [-0.39, 0.29) is 10.6 Å². The highest BCUT2D eigenvalue weighted by molar-refractivity contribution is 7.92. The smallest absolute Gasteiger partial charge is 0.324 e. The number of nitrogens with zero attached hydrogens (tertiary/aromatic N) is 2. The molecule has 30 heavy (non-hydrogen) atoms. The average Bonchev–Trinajstić information content (AvgIpc) is 2.72. The highest BCUT2D eigenvalue weighted by Crippen LogP contribution is 2.28. The molecule has 0 spiro atoms. The third-order valence-electron chi connectivity index (χ3n) is 4.38. The second-order valence-corrected chi connectivity index (χ2v) is 8.46. The van der Waals surface area contributed by atoms with Crippen LogP contribution < -0.4 is 9.04 Å². The summed E-state index contributed by atoms with van der Waals surface area (Å²) in [6.45, 7) is 1.12. The summed E-state index contributed by atoms with van der Waals surface area (Å²) in [6.07, 6.45) is 6.10. The molecule has 0 amide bonds. The first-order chi connectivity index (χ1) is 14.3. The van der Waals surface area contributed by atoms with Gasteiger partial charge in [0.25, 0.3) is 10.0 Å². The molecule has 2 aromatic carbocycles. The number of para-hydroxylation sites is 1. The van der Waals surface area contributed by atoms with E-state index in [9.17, 15) is 23.5 Å². The Morgan fingerprint density at radius 3 is 2.30 bits per heavy atom. The summed E-state index contributed by atoms with van der Waals surface area (Å²) >= 11 is 0. The molecule has 0 radical (unpaired) electrons. The Morgan fingerprint density at radius 1 is 1.03 bits per heavy atom. The normalized spacial score (nSPS) is 11.5. The Kier molecular flexibility index (Phi) is 6.17. The first kappa shape index (κ1) is 21.1. The van der Waals surface area contributed by atoms with Crippen LogP contribution in [0.4, 0.5) is 5.69 Å². The van der Waals surface area contributed by atoms with Crippen molar-refractivity contribution in [3.63, 3.8) is 0 Å². The summed E-state index contributed by atoms with van der Waals surface area (Å²) in [5, 5.41) is 20.5. The number of aryl methyl sites for hydroxylation is 1. The standard InChI is InChI=1S/C22H20N2O5S/c1-17-6-10-20(11-7-17)30(28,29)24(16-22(25)26)21-5-3-2-4-19(21)9-8-18-12-14-23(27)15-13-18/h2-15H,16H2,1H3,(H,25,26)/b9-8+. The van der Waals surface area contributed by atoms with Crippen LogP contribution in [-0.4, -0.2) is 26.0 Å². The van der Waals surface area contributed by atoms with E-state index in [1.165, 1.54) is 24.5 Å². The second kappa shape index (κ2) is 8.79. The number of rotatable bonds is 7. The van der Waals surface area contributed by atoms with Gasteiger partial charge in [0.15, 0.2) is 12.4 Å². The van der Waals surface area contributed by atoms with Crippen molar-refractivity contribution in [2.75, 3.05) is 10.8 Å². The number of hydrogen-bond acceptors (Lipinski definition) is 4. The number of carbonyl (C=O) groups is 1. The van der Waals surface area contributed by atoms with E-state index in [1.807, 2.05) is 6.92 Å². The van der Waals surface area contributed by atoms with Gasteiger partial charge in [-0.25, -0.2) is 8.42 Å². The molecule has 0 bridgehead atoms. The van der Waals surface area contributed by atoms with Crippen molar-refractivity contribution in [3.05, 3.63) is 95.0 Å². The molecule has 0 unspecified atom stereocenters. The van der Waals surface area contributed by atoms with E-state index in [1.54, 1.807) is 60.7 Å². The number of aliphatic carboxylic acids is 1. The molecular weight excluding hydrogens is 404 g/mol. The molecule has 0 aliphatic carbocycles. The van der Waals surface area contributed by atoms with Crippen LogP contribution in [0.2, 0.25) is 0 Å². The Morgan fingerprint density at radius 2 is 1.67 bits per heavy atom. The van der Waals surface area contributed by atoms with Crippen molar-refractivity contribution in [1.29, 1.82) is 0 Å². The monoisotopic (exact) mass is 424 g/mol. The summed E-state index contributed by atoms with van der Waals surface area (Å²) in [5.74, 6) is -1.27. The molecule has 7 nitrogen and oxygen atoms in total. The van der Waals surface area contributed by atoms with Crippen LogP contribution in [0.1, 0.15) is 16.7 Å². The van der Waals surface area contributed by atoms with Crippen molar-refractivity contribution in [2.45, 2.75) is 11.8 Å². The zero-order valence-electron chi connectivity index (χ0n) is 16.2. The fraction of sp³-hybridized carbons (Fsp3) is 0.0909. The Hall–Kier alpha value is -3.65. The minimum Gasteiger partial charge on any atom is -0.619 e. The number of pyridine rings is 1. The first-order valence-electron chi connectivity index (χ1n) is 9.04. The lowest BCUT2D eigenvalue weighted by Gasteiger charge is -2.24. The molecule has 1 N–H and O–H groups in total. The Bertz CT molecular complexity index is 1170. The molecule has 3 aromatic rings. The molecule has 0 fully saturated rings. The number of carboxylic acids is 1. The minimum absolute atomic E-state index is 0.0104. The number of aromatic nitrogens is 1. The maximum atomic E-state index is 13.2. The molecule has 8 heteroatoms. The maximum Gasteiger partial charge on any atom is 0.324 e. The summed E-state index contributed by atoms with van der Waals surface area (Å²) in [7, 11) is -4.10. The Balaban J connectivity index is 2.06. The van der Waals surface area contributed by atoms with Crippen LogP contribution in [0.5, 0.6) is 0 Å². The van der Waals surface area contributed by atoms with E-state index in [2.05, 4.69) is 0 Å². The molecule has 1 aromatic heterocycles. The van der Waals surface area contributed by atoms with Gasteiger partial charge in [0, 0.05) is 12.1 Å². The Labute approximate surface area is 174 Å². The van der Waals surface area contributed by atoms with E-state index in [0.717, 1.165) is 15.4 Å². The summed E-state index contributed by atoms with van der Waals surface area (Å²) < 4.78 is 28.0. The van der Waals surface area contributed by atoms with Crippen LogP contribution in [-0.2, 0) is 14.8 Å². The molecule has 0 aliphatic rings. The third-order valence-corrected chi connectivity index (χ3v) is 6.15. The van der Waals surface area contributed by atoms with Gasteiger partial charge in [-0.2, -0.15) is 4.73 Å². The molecule has 3 rings (SSSR count). The van der Waals surface area contributed by atoms with Gasteiger partial charge in [-0.05, 0) is 36.2 Å². The van der Waals surface area contributed by atoms with Gasteiger partial charge in [-0.15, -0.1) is 0 Å². The highest BCUT2D eigenvalue weighted by Gasteiger charge is 2.28. The number of hydrogen-bond donors (Lipinski definition) is 1. The third kappa shape index (κ3) is 4.84. The van der Waals surface area contributed by atoms with Gasteiger partial charge in [0.2, 0.25) is 0 Å². The van der Waals surface area contributed by atoms with Gasteiger partial charge in [-0.1, -0.05) is 48.0 Å². The fourth-order valence-electron chi connectivity index (χ4n) is 2.84. The lowest BCUT2D eigenvalue weighted by molar-refractivity contribution is -0.605. The number of carboxylic acid groups (broad SMARTS) is 1. The van der Waals surface area contributed by atoms with Crippen LogP contribution in [0, 0.1) is 12.1 Å². The van der Waals surface area contributed by atoms with E-state index < -0.39 is 22.5 Å². The van der Waals surface area contributed by atoms with Crippen molar-refractivity contribution < 1.29 is 23.0 Å². The lowest BCUT2D eigenvalue weighted by Crippen LogP contribution is -2.36. The van der Waals surface area contributed by atoms with Gasteiger partial charge < -0.3 is 10.3 Å². The molecule has 154 valence electrons. The van der Waals surface area contributed by atoms with Crippen molar-refractivity contribution >= 4 is 33.8 Å². The molecule has 0 atom stereocenters. The molecule has 0 saturated carbocycles.